The maximum atomic E-state index is 12.1. The molecule has 0 saturated heterocycles. The van der Waals surface area contributed by atoms with Crippen molar-refractivity contribution < 1.29 is 24.2 Å². The van der Waals surface area contributed by atoms with Gasteiger partial charge in [-0.1, -0.05) is 23.2 Å². The summed E-state index contributed by atoms with van der Waals surface area (Å²) in [7, 11) is 1.11. The smallest absolute Gasteiger partial charge is 0.328 e. The molecule has 0 saturated carbocycles. The molecule has 1 aromatic rings. The molecule has 1 aromatic carbocycles. The molecule has 0 fully saturated rings. The Kier molecular flexibility index (Phi) is 7.12. The number of carbonyl (C=O) groups excluding carboxylic acids is 2. The summed E-state index contributed by atoms with van der Waals surface area (Å²) >= 11 is 11.7. The van der Waals surface area contributed by atoms with E-state index in [4.69, 9.17) is 28.3 Å². The quantitative estimate of drug-likeness (QED) is 0.640. The molecule has 0 bridgehead atoms. The van der Waals surface area contributed by atoms with Crippen LogP contribution in [0.5, 0.6) is 0 Å². The van der Waals surface area contributed by atoms with Gasteiger partial charge in [0.1, 0.15) is 12.1 Å². The summed E-state index contributed by atoms with van der Waals surface area (Å²) in [5, 5.41) is 14.7. The zero-order valence-corrected chi connectivity index (χ0v) is 13.9. The number of esters is 1. The summed E-state index contributed by atoms with van der Waals surface area (Å²) in [6.45, 7) is 1.55. The SMILES string of the molecule is COC(=O)[C@H](CC(=O)O)NC(=O)[C@H](C)Nc1ccc(Cl)c(Cl)c1. The minimum Gasteiger partial charge on any atom is -0.481 e. The van der Waals surface area contributed by atoms with Crippen LogP contribution in [0.2, 0.25) is 10.0 Å². The first kappa shape index (κ1) is 19.1. The number of hydrogen-bond donors (Lipinski definition) is 3. The molecule has 0 radical (unpaired) electrons. The molecule has 23 heavy (non-hydrogen) atoms. The van der Waals surface area contributed by atoms with Crippen LogP contribution in [0.1, 0.15) is 13.3 Å². The molecule has 0 aliphatic rings. The molecule has 0 unspecified atom stereocenters. The fourth-order valence-electron chi connectivity index (χ4n) is 1.71. The van der Waals surface area contributed by atoms with Gasteiger partial charge in [-0.3, -0.25) is 9.59 Å². The Hall–Kier alpha value is -1.99. The van der Waals surface area contributed by atoms with Crippen molar-refractivity contribution in [3.8, 4) is 0 Å². The Balaban J connectivity index is 2.72. The number of hydrogen-bond acceptors (Lipinski definition) is 5. The molecular weight excluding hydrogens is 347 g/mol. The van der Waals surface area contributed by atoms with Crippen LogP contribution in [0.4, 0.5) is 5.69 Å². The Labute approximate surface area is 142 Å². The Morgan fingerprint density at radius 1 is 1.26 bits per heavy atom. The van der Waals surface area contributed by atoms with Gasteiger partial charge in [0, 0.05) is 5.69 Å². The molecule has 7 nitrogen and oxygen atoms in total. The molecule has 1 amide bonds. The molecule has 0 aliphatic carbocycles. The van der Waals surface area contributed by atoms with E-state index in [1.165, 1.54) is 0 Å². The van der Waals surface area contributed by atoms with Gasteiger partial charge >= 0.3 is 11.9 Å². The van der Waals surface area contributed by atoms with Gasteiger partial charge in [-0.25, -0.2) is 4.79 Å². The summed E-state index contributed by atoms with van der Waals surface area (Å²) in [4.78, 5) is 34.3. The monoisotopic (exact) mass is 362 g/mol. The largest absolute Gasteiger partial charge is 0.481 e. The number of methoxy groups -OCH3 is 1. The predicted octanol–water partition coefficient (Wildman–Crippen LogP) is 1.93. The fraction of sp³-hybridized carbons (Fsp3) is 0.357. The number of benzene rings is 1. The Bertz CT molecular complexity index is 609. The van der Waals surface area contributed by atoms with Crippen molar-refractivity contribution >= 4 is 46.7 Å². The van der Waals surface area contributed by atoms with E-state index in [1.807, 2.05) is 0 Å². The third kappa shape index (κ3) is 5.96. The number of carbonyl (C=O) groups is 3. The number of halogens is 2. The number of aliphatic carboxylic acids is 1. The molecular formula is C14H16Cl2N2O5. The van der Waals surface area contributed by atoms with Gasteiger partial charge < -0.3 is 20.5 Å². The van der Waals surface area contributed by atoms with E-state index in [9.17, 15) is 14.4 Å². The summed E-state index contributed by atoms with van der Waals surface area (Å²) in [6.07, 6.45) is -0.572. The van der Waals surface area contributed by atoms with Gasteiger partial charge in [0.15, 0.2) is 0 Å². The second-order valence-corrected chi connectivity index (χ2v) is 5.49. The number of anilines is 1. The van der Waals surface area contributed by atoms with Crippen molar-refractivity contribution in [3.05, 3.63) is 28.2 Å². The van der Waals surface area contributed by atoms with Crippen LogP contribution in [-0.2, 0) is 19.1 Å². The van der Waals surface area contributed by atoms with Gasteiger partial charge in [0.05, 0.1) is 23.6 Å². The normalized spacial score (nSPS) is 12.9. The van der Waals surface area contributed by atoms with Crippen molar-refractivity contribution in [2.24, 2.45) is 0 Å². The summed E-state index contributed by atoms with van der Waals surface area (Å²) in [5.41, 5.74) is 0.551. The van der Waals surface area contributed by atoms with E-state index in [2.05, 4.69) is 15.4 Å². The minimum atomic E-state index is -1.26. The van der Waals surface area contributed by atoms with E-state index >= 15 is 0 Å². The second kappa shape index (κ2) is 8.59. The van der Waals surface area contributed by atoms with Crippen molar-refractivity contribution in [1.29, 1.82) is 0 Å². The number of ether oxygens (including phenoxy) is 1. The van der Waals surface area contributed by atoms with Gasteiger partial charge in [-0.2, -0.15) is 0 Å². The average molecular weight is 363 g/mol. The van der Waals surface area contributed by atoms with Crippen LogP contribution < -0.4 is 10.6 Å². The maximum absolute atomic E-state index is 12.1. The molecule has 1 rings (SSSR count). The van der Waals surface area contributed by atoms with Crippen LogP contribution in [-0.4, -0.2) is 42.1 Å². The first-order valence-corrected chi connectivity index (χ1v) is 7.31. The van der Waals surface area contributed by atoms with Crippen molar-refractivity contribution in [1.82, 2.24) is 5.32 Å². The highest BCUT2D eigenvalue weighted by molar-refractivity contribution is 6.42. The predicted molar refractivity (Wildman–Crippen MR) is 85.7 cm³/mol. The lowest BCUT2D eigenvalue weighted by atomic mass is 10.2. The lowest BCUT2D eigenvalue weighted by Crippen LogP contribution is -2.48. The highest BCUT2D eigenvalue weighted by atomic mass is 35.5. The third-order valence-electron chi connectivity index (χ3n) is 2.88. The lowest BCUT2D eigenvalue weighted by molar-refractivity contribution is -0.149. The summed E-state index contributed by atoms with van der Waals surface area (Å²) in [6, 6.07) is 2.74. The van der Waals surface area contributed by atoms with Crippen molar-refractivity contribution in [3.63, 3.8) is 0 Å². The minimum absolute atomic E-state index is 0.322. The number of carboxylic acid groups (broad SMARTS) is 1. The molecule has 9 heteroatoms. The summed E-state index contributed by atoms with van der Waals surface area (Å²) in [5.74, 6) is -2.62. The number of carboxylic acids is 1. The van der Waals surface area contributed by atoms with E-state index < -0.39 is 36.4 Å². The first-order chi connectivity index (χ1) is 10.7. The number of rotatable bonds is 7. The maximum Gasteiger partial charge on any atom is 0.328 e. The van der Waals surface area contributed by atoms with E-state index in [-0.39, 0.29) is 0 Å². The standard InChI is InChI=1S/C14H16Cl2N2O5/c1-7(17-8-3-4-9(15)10(16)5-8)13(21)18-11(6-12(19)20)14(22)23-2/h3-5,7,11,17H,6H2,1-2H3,(H,18,21)(H,19,20)/t7-,11-/m0/s1. The molecule has 0 spiro atoms. The third-order valence-corrected chi connectivity index (χ3v) is 3.62. The van der Waals surface area contributed by atoms with Crippen molar-refractivity contribution in [2.45, 2.75) is 25.4 Å². The van der Waals surface area contributed by atoms with Crippen molar-refractivity contribution in [2.75, 3.05) is 12.4 Å². The van der Waals surface area contributed by atoms with Gasteiger partial charge in [-0.15, -0.1) is 0 Å². The highest BCUT2D eigenvalue weighted by Crippen LogP contribution is 2.25. The molecule has 0 aromatic heterocycles. The lowest BCUT2D eigenvalue weighted by Gasteiger charge is -2.19. The molecule has 126 valence electrons. The molecule has 2 atom stereocenters. The van der Waals surface area contributed by atoms with E-state index in [0.29, 0.717) is 15.7 Å². The highest BCUT2D eigenvalue weighted by Gasteiger charge is 2.26. The Morgan fingerprint density at radius 3 is 2.43 bits per heavy atom. The van der Waals surface area contributed by atoms with Crippen LogP contribution in [0.25, 0.3) is 0 Å². The van der Waals surface area contributed by atoms with E-state index in [1.54, 1.807) is 25.1 Å². The topological polar surface area (TPSA) is 105 Å². The average Bonchev–Trinajstić information content (AvgIpc) is 2.48. The zero-order chi connectivity index (χ0) is 17.6. The van der Waals surface area contributed by atoms with Crippen LogP contribution in [0, 0.1) is 0 Å². The first-order valence-electron chi connectivity index (χ1n) is 6.56. The van der Waals surface area contributed by atoms with Gasteiger partial charge in [-0.05, 0) is 25.1 Å². The molecule has 0 heterocycles. The summed E-state index contributed by atoms with van der Waals surface area (Å²) < 4.78 is 4.47. The zero-order valence-electron chi connectivity index (χ0n) is 12.4. The fourth-order valence-corrected chi connectivity index (χ4v) is 2.01. The molecule has 3 N–H and O–H groups in total. The number of nitrogens with one attached hydrogen (secondary N) is 2. The van der Waals surface area contributed by atoms with Crippen LogP contribution in [0.3, 0.4) is 0 Å². The Morgan fingerprint density at radius 2 is 1.91 bits per heavy atom. The number of amides is 1. The van der Waals surface area contributed by atoms with Gasteiger partial charge in [0.2, 0.25) is 5.91 Å². The van der Waals surface area contributed by atoms with E-state index in [0.717, 1.165) is 7.11 Å². The van der Waals surface area contributed by atoms with Crippen LogP contribution >= 0.6 is 23.2 Å². The molecule has 0 aliphatic heterocycles. The second-order valence-electron chi connectivity index (χ2n) is 4.68. The van der Waals surface area contributed by atoms with Crippen LogP contribution in [0.15, 0.2) is 18.2 Å². The van der Waals surface area contributed by atoms with Gasteiger partial charge in [0.25, 0.3) is 0 Å².